The van der Waals surface area contributed by atoms with Gasteiger partial charge in [-0.05, 0) is 49.6 Å². The molecule has 1 aromatic carbocycles. The molecule has 0 atom stereocenters. The summed E-state index contributed by atoms with van der Waals surface area (Å²) in [5.41, 5.74) is 1.95. The van der Waals surface area contributed by atoms with E-state index in [2.05, 4.69) is 25.6 Å². The van der Waals surface area contributed by atoms with Gasteiger partial charge < -0.3 is 9.73 Å². The molecule has 0 saturated heterocycles. The third kappa shape index (κ3) is 4.65. The highest BCUT2D eigenvalue weighted by Gasteiger charge is 2.20. The molecule has 2 amide bonds. The van der Waals surface area contributed by atoms with Crippen molar-refractivity contribution in [2.45, 2.75) is 11.9 Å². The molecule has 0 aliphatic rings. The summed E-state index contributed by atoms with van der Waals surface area (Å²) >= 11 is 2.70. The molecule has 4 aromatic rings. The fourth-order valence-corrected chi connectivity index (χ4v) is 3.97. The van der Waals surface area contributed by atoms with Crippen molar-refractivity contribution in [1.82, 2.24) is 15.0 Å². The van der Waals surface area contributed by atoms with E-state index in [0.717, 1.165) is 0 Å². The highest BCUT2D eigenvalue weighted by molar-refractivity contribution is 7.98. The SMILES string of the molecule is CSc1nc(-c2ccco2)nc(C)c1C(=O)Nc1ccc(C(=O)Nc2nccs2)cc1. The molecule has 0 unspecified atom stereocenters. The Morgan fingerprint density at radius 1 is 1.06 bits per heavy atom. The van der Waals surface area contributed by atoms with Crippen LogP contribution in [0.15, 0.2) is 63.7 Å². The standard InChI is InChI=1S/C21H17N5O3S2/c1-12-16(20(30-2)25-17(23-12)15-4-3-10-29-15)19(28)24-14-7-5-13(6-8-14)18(27)26-21-22-9-11-31-21/h3-11H,1-2H3,(H,24,28)(H,22,26,27). The number of carbonyl (C=O) groups is 2. The summed E-state index contributed by atoms with van der Waals surface area (Å²) in [5.74, 6) is 0.374. The van der Waals surface area contributed by atoms with Crippen molar-refractivity contribution in [2.75, 3.05) is 16.9 Å². The number of hydrogen-bond acceptors (Lipinski definition) is 8. The minimum Gasteiger partial charge on any atom is -0.461 e. The molecule has 156 valence electrons. The van der Waals surface area contributed by atoms with Crippen LogP contribution in [0.2, 0.25) is 0 Å². The van der Waals surface area contributed by atoms with Gasteiger partial charge in [0.2, 0.25) is 0 Å². The smallest absolute Gasteiger partial charge is 0.260 e. The summed E-state index contributed by atoms with van der Waals surface area (Å²) in [6.45, 7) is 1.76. The van der Waals surface area contributed by atoms with Crippen LogP contribution in [0.4, 0.5) is 10.8 Å². The van der Waals surface area contributed by atoms with Gasteiger partial charge in [-0.3, -0.25) is 14.9 Å². The van der Waals surface area contributed by atoms with Gasteiger partial charge in [-0.2, -0.15) is 0 Å². The lowest BCUT2D eigenvalue weighted by atomic mass is 10.1. The topological polar surface area (TPSA) is 110 Å². The van der Waals surface area contributed by atoms with Crippen LogP contribution in [0, 0.1) is 6.92 Å². The molecule has 0 aliphatic carbocycles. The second-order valence-corrected chi connectivity index (χ2v) is 8.01. The van der Waals surface area contributed by atoms with Crippen LogP contribution in [-0.4, -0.2) is 33.0 Å². The van der Waals surface area contributed by atoms with Gasteiger partial charge >= 0.3 is 0 Å². The van der Waals surface area contributed by atoms with Gasteiger partial charge in [0.1, 0.15) is 5.03 Å². The average molecular weight is 452 g/mol. The highest BCUT2D eigenvalue weighted by atomic mass is 32.2. The number of anilines is 2. The molecule has 0 fully saturated rings. The fourth-order valence-electron chi connectivity index (χ4n) is 2.82. The van der Waals surface area contributed by atoms with Crippen molar-refractivity contribution in [3.63, 3.8) is 0 Å². The highest BCUT2D eigenvalue weighted by Crippen LogP contribution is 2.26. The van der Waals surface area contributed by atoms with Gasteiger partial charge in [0.05, 0.1) is 17.5 Å². The third-order valence-electron chi connectivity index (χ3n) is 4.28. The van der Waals surface area contributed by atoms with Crippen LogP contribution in [0.25, 0.3) is 11.6 Å². The normalized spacial score (nSPS) is 10.6. The molecule has 0 bridgehead atoms. The van der Waals surface area contributed by atoms with Crippen molar-refractivity contribution in [3.05, 3.63) is 71.1 Å². The lowest BCUT2D eigenvalue weighted by Gasteiger charge is -2.12. The number of thiazole rings is 1. The Hall–Kier alpha value is -3.50. The number of thioether (sulfide) groups is 1. The summed E-state index contributed by atoms with van der Waals surface area (Å²) in [7, 11) is 0. The van der Waals surface area contributed by atoms with E-state index >= 15 is 0 Å². The van der Waals surface area contributed by atoms with Crippen LogP contribution in [0.5, 0.6) is 0 Å². The molecule has 0 spiro atoms. The van der Waals surface area contributed by atoms with Gasteiger partial charge in [0.15, 0.2) is 16.7 Å². The van der Waals surface area contributed by atoms with E-state index in [1.807, 2.05) is 6.26 Å². The maximum absolute atomic E-state index is 12.9. The van der Waals surface area contributed by atoms with E-state index < -0.39 is 0 Å². The van der Waals surface area contributed by atoms with Gasteiger partial charge in [-0.1, -0.05) is 0 Å². The first kappa shape index (κ1) is 20.8. The molecule has 4 rings (SSSR count). The Labute approximate surface area is 186 Å². The van der Waals surface area contributed by atoms with Crippen LogP contribution >= 0.6 is 23.1 Å². The zero-order valence-corrected chi connectivity index (χ0v) is 18.2. The predicted molar refractivity (Wildman–Crippen MR) is 121 cm³/mol. The van der Waals surface area contributed by atoms with E-state index in [0.29, 0.717) is 44.3 Å². The number of aryl methyl sites for hydroxylation is 1. The number of rotatable bonds is 6. The van der Waals surface area contributed by atoms with Crippen LogP contribution in [0.1, 0.15) is 26.4 Å². The Bertz CT molecular complexity index is 1210. The molecule has 10 heteroatoms. The monoisotopic (exact) mass is 451 g/mol. The quantitative estimate of drug-likeness (QED) is 0.322. The second kappa shape index (κ2) is 9.11. The molecule has 0 saturated carbocycles. The third-order valence-corrected chi connectivity index (χ3v) is 5.65. The van der Waals surface area contributed by atoms with Gasteiger partial charge in [0, 0.05) is 22.8 Å². The number of aromatic nitrogens is 3. The second-order valence-electron chi connectivity index (χ2n) is 6.32. The lowest BCUT2D eigenvalue weighted by molar-refractivity contribution is 0.101. The Morgan fingerprint density at radius 3 is 2.52 bits per heavy atom. The largest absolute Gasteiger partial charge is 0.461 e. The van der Waals surface area contributed by atoms with Gasteiger partial charge in [-0.25, -0.2) is 15.0 Å². The summed E-state index contributed by atoms with van der Waals surface area (Å²) < 4.78 is 5.36. The average Bonchev–Trinajstić information content (AvgIpc) is 3.48. The summed E-state index contributed by atoms with van der Waals surface area (Å²) in [5, 5.41) is 8.42. The Morgan fingerprint density at radius 2 is 1.87 bits per heavy atom. The Kier molecular flexibility index (Phi) is 6.10. The summed E-state index contributed by atoms with van der Waals surface area (Å²) in [6, 6.07) is 10.1. The number of furan rings is 1. The minimum absolute atomic E-state index is 0.268. The van der Waals surface area contributed by atoms with Crippen molar-refractivity contribution >= 4 is 45.7 Å². The number of nitrogens with zero attached hydrogens (tertiary/aromatic N) is 3. The maximum atomic E-state index is 12.9. The maximum Gasteiger partial charge on any atom is 0.260 e. The Balaban J connectivity index is 1.51. The molecule has 2 N–H and O–H groups in total. The van der Waals surface area contributed by atoms with E-state index in [-0.39, 0.29) is 11.8 Å². The minimum atomic E-state index is -0.326. The fraction of sp³-hybridized carbons (Fsp3) is 0.0952. The number of carbonyl (C=O) groups excluding carboxylic acids is 2. The lowest BCUT2D eigenvalue weighted by Crippen LogP contribution is -2.17. The molecule has 3 heterocycles. The molecular weight excluding hydrogens is 434 g/mol. The number of nitrogens with one attached hydrogen (secondary N) is 2. The summed E-state index contributed by atoms with van der Waals surface area (Å²) in [6.07, 6.45) is 5.02. The first-order valence-electron chi connectivity index (χ1n) is 9.14. The van der Waals surface area contributed by atoms with E-state index in [9.17, 15) is 9.59 Å². The molecular formula is C21H17N5O3S2. The molecule has 3 aromatic heterocycles. The molecule has 31 heavy (non-hydrogen) atoms. The first-order valence-corrected chi connectivity index (χ1v) is 11.2. The number of benzene rings is 1. The van der Waals surface area contributed by atoms with Crippen molar-refractivity contribution in [3.8, 4) is 11.6 Å². The predicted octanol–water partition coefficient (Wildman–Crippen LogP) is 4.73. The molecule has 0 radical (unpaired) electrons. The summed E-state index contributed by atoms with van der Waals surface area (Å²) in [4.78, 5) is 38.1. The van der Waals surface area contributed by atoms with Crippen molar-refractivity contribution in [1.29, 1.82) is 0 Å². The van der Waals surface area contributed by atoms with Crippen molar-refractivity contribution < 1.29 is 14.0 Å². The van der Waals surface area contributed by atoms with Crippen LogP contribution < -0.4 is 10.6 Å². The van der Waals surface area contributed by atoms with E-state index in [1.54, 1.807) is 61.2 Å². The van der Waals surface area contributed by atoms with Crippen molar-refractivity contribution in [2.24, 2.45) is 0 Å². The zero-order chi connectivity index (χ0) is 21.8. The number of amides is 2. The van der Waals surface area contributed by atoms with Gasteiger partial charge in [0.25, 0.3) is 11.8 Å². The molecule has 0 aliphatic heterocycles. The van der Waals surface area contributed by atoms with Crippen LogP contribution in [0.3, 0.4) is 0 Å². The van der Waals surface area contributed by atoms with Crippen LogP contribution in [-0.2, 0) is 0 Å². The first-order chi connectivity index (χ1) is 15.0. The van der Waals surface area contributed by atoms with E-state index in [1.165, 1.54) is 23.1 Å². The zero-order valence-electron chi connectivity index (χ0n) is 16.6. The molecule has 8 nitrogen and oxygen atoms in total. The van der Waals surface area contributed by atoms with E-state index in [4.69, 9.17) is 4.42 Å². The van der Waals surface area contributed by atoms with Gasteiger partial charge in [-0.15, -0.1) is 23.1 Å². The number of hydrogen-bond donors (Lipinski definition) is 2.